The van der Waals surface area contributed by atoms with Gasteiger partial charge in [-0.05, 0) is 18.1 Å². The maximum absolute atomic E-state index is 12.2. The summed E-state index contributed by atoms with van der Waals surface area (Å²) in [6.45, 7) is -0.0106. The quantitative estimate of drug-likeness (QED) is 0.569. The Bertz CT molecular complexity index is 784. The number of rotatable bonds is 7. The van der Waals surface area contributed by atoms with E-state index in [9.17, 15) is 18.5 Å². The zero-order valence-electron chi connectivity index (χ0n) is 12.7. The van der Waals surface area contributed by atoms with Gasteiger partial charge in [0.05, 0.1) is 4.92 Å². The molecule has 2 aromatic carbocycles. The van der Waals surface area contributed by atoms with Crippen molar-refractivity contribution in [1.82, 2.24) is 4.72 Å². The molecule has 0 bridgehead atoms. The Kier molecular flexibility index (Phi) is 7.30. The molecule has 2 rings (SSSR count). The summed E-state index contributed by atoms with van der Waals surface area (Å²) in [5, 5.41) is 10.9. The number of halogens is 1. The van der Waals surface area contributed by atoms with Gasteiger partial charge in [-0.2, -0.15) is 0 Å². The minimum absolute atomic E-state index is 0. The number of nitrogens with two attached hydrogens (primary N) is 1. The summed E-state index contributed by atoms with van der Waals surface area (Å²) in [5.74, 6) is 0. The van der Waals surface area contributed by atoms with Crippen LogP contribution in [0, 0.1) is 10.1 Å². The number of nitrogens with one attached hydrogen (secondary N) is 1. The van der Waals surface area contributed by atoms with E-state index in [2.05, 4.69) is 4.72 Å². The highest BCUT2D eigenvalue weighted by molar-refractivity contribution is 7.89. The van der Waals surface area contributed by atoms with Crippen LogP contribution in [0.25, 0.3) is 0 Å². The van der Waals surface area contributed by atoms with Gasteiger partial charge in [-0.3, -0.25) is 10.1 Å². The maximum Gasteiger partial charge on any atom is 0.289 e. The van der Waals surface area contributed by atoms with E-state index in [1.54, 1.807) is 0 Å². The van der Waals surface area contributed by atoms with E-state index >= 15 is 0 Å². The van der Waals surface area contributed by atoms with Crippen molar-refractivity contribution < 1.29 is 13.3 Å². The molecule has 24 heavy (non-hydrogen) atoms. The van der Waals surface area contributed by atoms with Gasteiger partial charge in [0.15, 0.2) is 4.90 Å². The molecule has 0 aromatic heterocycles. The summed E-state index contributed by atoms with van der Waals surface area (Å²) in [6.07, 6.45) is 0.500. The van der Waals surface area contributed by atoms with Crippen molar-refractivity contribution in [3.05, 3.63) is 70.3 Å². The zero-order valence-corrected chi connectivity index (χ0v) is 14.3. The van der Waals surface area contributed by atoms with Crippen LogP contribution in [0.2, 0.25) is 0 Å². The average Bonchev–Trinajstić information content (AvgIpc) is 2.54. The van der Waals surface area contributed by atoms with Crippen molar-refractivity contribution in [2.75, 3.05) is 6.54 Å². The van der Waals surface area contributed by atoms with Gasteiger partial charge in [0.2, 0.25) is 10.0 Å². The summed E-state index contributed by atoms with van der Waals surface area (Å²) >= 11 is 0. The summed E-state index contributed by atoms with van der Waals surface area (Å²) in [4.78, 5) is 9.85. The van der Waals surface area contributed by atoms with Gasteiger partial charge in [-0.1, -0.05) is 42.5 Å². The predicted octanol–water partition coefficient (Wildman–Crippen LogP) is 1.86. The Morgan fingerprint density at radius 3 is 2.29 bits per heavy atom. The maximum atomic E-state index is 12.2. The molecule has 0 fully saturated rings. The van der Waals surface area contributed by atoms with Crippen LogP contribution in [-0.4, -0.2) is 25.9 Å². The third-order valence-electron chi connectivity index (χ3n) is 3.23. The molecule has 0 aliphatic carbocycles. The van der Waals surface area contributed by atoms with Crippen LogP contribution in [0.15, 0.2) is 59.5 Å². The first-order valence-electron chi connectivity index (χ1n) is 6.93. The van der Waals surface area contributed by atoms with E-state index in [0.29, 0.717) is 6.42 Å². The van der Waals surface area contributed by atoms with E-state index in [1.807, 2.05) is 30.3 Å². The minimum atomic E-state index is -3.99. The second-order valence-corrected chi connectivity index (χ2v) is 6.76. The molecule has 2 aromatic rings. The monoisotopic (exact) mass is 371 g/mol. The molecule has 7 nitrogen and oxygen atoms in total. The number of hydrogen-bond donors (Lipinski definition) is 2. The van der Waals surface area contributed by atoms with E-state index in [0.717, 1.165) is 11.6 Å². The normalized spacial score (nSPS) is 12.2. The molecule has 0 unspecified atom stereocenters. The molecule has 0 saturated carbocycles. The number of para-hydroxylation sites is 1. The number of hydrogen-bond acceptors (Lipinski definition) is 5. The van der Waals surface area contributed by atoms with Crippen molar-refractivity contribution in [3.8, 4) is 0 Å². The lowest BCUT2D eigenvalue weighted by Crippen LogP contribution is -2.38. The first kappa shape index (κ1) is 20.0. The number of sulfonamides is 1. The molecule has 0 aliphatic rings. The molecular formula is C15H18ClN3O4S. The Hall–Kier alpha value is -2.00. The lowest BCUT2D eigenvalue weighted by atomic mass is 10.1. The fourth-order valence-corrected chi connectivity index (χ4v) is 3.38. The summed E-state index contributed by atoms with van der Waals surface area (Å²) < 4.78 is 26.8. The molecule has 0 aliphatic heterocycles. The van der Waals surface area contributed by atoms with E-state index < -0.39 is 26.7 Å². The first-order chi connectivity index (χ1) is 10.9. The average molecular weight is 372 g/mol. The second-order valence-electron chi connectivity index (χ2n) is 5.03. The van der Waals surface area contributed by atoms with Crippen LogP contribution in [0.4, 0.5) is 5.69 Å². The summed E-state index contributed by atoms with van der Waals surface area (Å²) in [6, 6.07) is 14.2. The van der Waals surface area contributed by atoms with Crippen LogP contribution >= 0.6 is 12.4 Å². The molecule has 1 atom stereocenters. The van der Waals surface area contributed by atoms with Gasteiger partial charge in [0.25, 0.3) is 5.69 Å². The topological polar surface area (TPSA) is 115 Å². The van der Waals surface area contributed by atoms with Crippen LogP contribution in [-0.2, 0) is 16.4 Å². The van der Waals surface area contributed by atoms with Gasteiger partial charge >= 0.3 is 0 Å². The molecule has 3 N–H and O–H groups in total. The Morgan fingerprint density at radius 2 is 1.67 bits per heavy atom. The molecule has 0 heterocycles. The summed E-state index contributed by atoms with van der Waals surface area (Å²) in [5.41, 5.74) is 6.46. The number of nitro groups is 1. The smallest absolute Gasteiger partial charge is 0.289 e. The zero-order chi connectivity index (χ0) is 16.9. The minimum Gasteiger partial charge on any atom is -0.326 e. The summed E-state index contributed by atoms with van der Waals surface area (Å²) in [7, 11) is -3.99. The molecule has 0 amide bonds. The highest BCUT2D eigenvalue weighted by Crippen LogP contribution is 2.22. The van der Waals surface area contributed by atoms with E-state index in [-0.39, 0.29) is 23.8 Å². The largest absolute Gasteiger partial charge is 0.326 e. The van der Waals surface area contributed by atoms with Gasteiger partial charge in [-0.15, -0.1) is 12.4 Å². The van der Waals surface area contributed by atoms with Crippen molar-refractivity contribution in [2.24, 2.45) is 5.73 Å². The fourth-order valence-electron chi connectivity index (χ4n) is 2.12. The third-order valence-corrected chi connectivity index (χ3v) is 4.70. The van der Waals surface area contributed by atoms with Gasteiger partial charge in [0, 0.05) is 18.7 Å². The highest BCUT2D eigenvalue weighted by atomic mass is 35.5. The highest BCUT2D eigenvalue weighted by Gasteiger charge is 2.25. The lowest BCUT2D eigenvalue weighted by Gasteiger charge is -2.13. The van der Waals surface area contributed by atoms with Gasteiger partial charge in [0.1, 0.15) is 0 Å². The predicted molar refractivity (Wildman–Crippen MR) is 93.7 cm³/mol. The SMILES string of the molecule is Cl.N[C@@H](CNS(=O)(=O)c1ccccc1[N+](=O)[O-])Cc1ccccc1. The van der Waals surface area contributed by atoms with Gasteiger partial charge < -0.3 is 5.73 Å². The number of benzene rings is 2. The van der Waals surface area contributed by atoms with Crippen molar-refractivity contribution >= 4 is 28.1 Å². The molecule has 0 saturated heterocycles. The van der Waals surface area contributed by atoms with Crippen LogP contribution in [0.1, 0.15) is 5.56 Å². The van der Waals surface area contributed by atoms with Crippen molar-refractivity contribution in [2.45, 2.75) is 17.4 Å². The number of nitro benzene ring substituents is 1. The van der Waals surface area contributed by atoms with Crippen LogP contribution < -0.4 is 10.5 Å². The van der Waals surface area contributed by atoms with Crippen molar-refractivity contribution in [1.29, 1.82) is 0 Å². The molecule has 130 valence electrons. The molecule has 0 radical (unpaired) electrons. The Labute approximate surface area is 146 Å². The molecular weight excluding hydrogens is 354 g/mol. The fraction of sp³-hybridized carbons (Fsp3) is 0.200. The lowest BCUT2D eigenvalue weighted by molar-refractivity contribution is -0.387. The standard InChI is InChI=1S/C15H17N3O4S.ClH/c16-13(10-12-6-2-1-3-7-12)11-17-23(21,22)15-9-5-4-8-14(15)18(19)20;/h1-9,13,17H,10-11,16H2;1H/t13-;/m1./s1. The van der Waals surface area contributed by atoms with Crippen LogP contribution in [0.3, 0.4) is 0 Å². The Morgan fingerprint density at radius 1 is 1.08 bits per heavy atom. The molecule has 0 spiro atoms. The van der Waals surface area contributed by atoms with Crippen LogP contribution in [0.5, 0.6) is 0 Å². The number of nitrogens with zero attached hydrogens (tertiary/aromatic N) is 1. The van der Waals surface area contributed by atoms with E-state index in [1.165, 1.54) is 18.2 Å². The van der Waals surface area contributed by atoms with Crippen molar-refractivity contribution in [3.63, 3.8) is 0 Å². The second kappa shape index (κ2) is 8.74. The Balaban J connectivity index is 0.00000288. The first-order valence-corrected chi connectivity index (χ1v) is 8.41. The van der Waals surface area contributed by atoms with Gasteiger partial charge in [-0.25, -0.2) is 13.1 Å². The van der Waals surface area contributed by atoms with E-state index in [4.69, 9.17) is 5.73 Å². The molecule has 9 heteroatoms. The third kappa shape index (κ3) is 5.27.